The van der Waals surface area contributed by atoms with E-state index < -0.39 is 17.7 Å². The molecule has 2 rings (SSSR count). The molecule has 0 aliphatic rings. The van der Waals surface area contributed by atoms with Crippen LogP contribution >= 0.6 is 12.2 Å². The molecule has 1 nitrogen and oxygen atoms in total. The second-order valence-electron chi connectivity index (χ2n) is 3.62. The number of hydrogen-bond donors (Lipinski definition) is 1. The summed E-state index contributed by atoms with van der Waals surface area (Å²) in [7, 11) is 0. The lowest BCUT2D eigenvalue weighted by molar-refractivity contribution is -0.140. The van der Waals surface area contributed by atoms with Crippen molar-refractivity contribution in [1.82, 2.24) is 4.98 Å². The molecule has 0 spiro atoms. The van der Waals surface area contributed by atoms with Crippen molar-refractivity contribution >= 4 is 12.2 Å². The average Bonchev–Trinajstić information content (AvgIpc) is 2.29. The SMILES string of the molecule is Fc1ccc(-c2ccc(=S)[nH]c2C(F)(F)F)cc1. The summed E-state index contributed by atoms with van der Waals surface area (Å²) in [6.45, 7) is 0. The van der Waals surface area contributed by atoms with Crippen LogP contribution in [-0.2, 0) is 6.18 Å². The molecule has 1 N–H and O–H groups in total. The third-order valence-electron chi connectivity index (χ3n) is 2.36. The number of benzene rings is 1. The predicted octanol–water partition coefficient (Wildman–Crippen LogP) is 4.57. The Balaban J connectivity index is 2.64. The van der Waals surface area contributed by atoms with E-state index in [4.69, 9.17) is 0 Å². The largest absolute Gasteiger partial charge is 0.431 e. The first kappa shape index (κ1) is 12.8. The number of nitrogens with one attached hydrogen (secondary N) is 1. The van der Waals surface area contributed by atoms with E-state index in [9.17, 15) is 17.6 Å². The molecule has 18 heavy (non-hydrogen) atoms. The summed E-state index contributed by atoms with van der Waals surface area (Å²) in [6, 6.07) is 7.43. The first-order valence-corrected chi connectivity index (χ1v) is 5.35. The molecular formula is C12H7F4NS. The number of pyridine rings is 1. The molecule has 0 aliphatic carbocycles. The van der Waals surface area contributed by atoms with E-state index in [1.807, 2.05) is 0 Å². The Morgan fingerprint density at radius 3 is 2.11 bits per heavy atom. The van der Waals surface area contributed by atoms with Gasteiger partial charge in [0.2, 0.25) is 0 Å². The van der Waals surface area contributed by atoms with Gasteiger partial charge in [0.05, 0.1) is 0 Å². The molecule has 1 aromatic heterocycles. The van der Waals surface area contributed by atoms with Crippen molar-refractivity contribution in [2.45, 2.75) is 6.18 Å². The number of hydrogen-bond acceptors (Lipinski definition) is 1. The molecule has 0 bridgehead atoms. The number of aromatic amines is 1. The highest BCUT2D eigenvalue weighted by molar-refractivity contribution is 7.71. The van der Waals surface area contributed by atoms with Gasteiger partial charge in [-0.25, -0.2) is 4.39 Å². The van der Waals surface area contributed by atoms with Crippen LogP contribution in [0.25, 0.3) is 11.1 Å². The molecule has 6 heteroatoms. The zero-order valence-electron chi connectivity index (χ0n) is 8.88. The minimum Gasteiger partial charge on any atom is -0.342 e. The van der Waals surface area contributed by atoms with Gasteiger partial charge in [0.15, 0.2) is 0 Å². The summed E-state index contributed by atoms with van der Waals surface area (Å²) >= 11 is 4.68. The van der Waals surface area contributed by atoms with Crippen LogP contribution in [0, 0.1) is 10.5 Å². The van der Waals surface area contributed by atoms with Gasteiger partial charge in [-0.2, -0.15) is 13.2 Å². The van der Waals surface area contributed by atoms with E-state index in [1.54, 1.807) is 0 Å². The van der Waals surface area contributed by atoms with E-state index in [-0.39, 0.29) is 15.8 Å². The van der Waals surface area contributed by atoms with Gasteiger partial charge >= 0.3 is 6.18 Å². The summed E-state index contributed by atoms with van der Waals surface area (Å²) in [6.07, 6.45) is -4.54. The third-order valence-corrected chi connectivity index (χ3v) is 2.60. The summed E-state index contributed by atoms with van der Waals surface area (Å²) in [5.41, 5.74) is -0.715. The Bertz CT molecular complexity index is 613. The maximum atomic E-state index is 12.8. The highest BCUT2D eigenvalue weighted by Gasteiger charge is 2.34. The molecule has 0 aliphatic heterocycles. The lowest BCUT2D eigenvalue weighted by Crippen LogP contribution is -2.10. The first-order valence-electron chi connectivity index (χ1n) is 4.94. The standard InChI is InChI=1S/C12H7F4NS/c13-8-3-1-7(2-4-8)9-5-6-10(18)17-11(9)12(14,15)16/h1-6H,(H,17,18). The zero-order chi connectivity index (χ0) is 13.3. The smallest absolute Gasteiger partial charge is 0.342 e. The molecule has 0 saturated heterocycles. The van der Waals surface area contributed by atoms with Gasteiger partial charge in [0.1, 0.15) is 16.2 Å². The van der Waals surface area contributed by atoms with E-state index >= 15 is 0 Å². The van der Waals surface area contributed by atoms with Crippen LogP contribution in [-0.4, -0.2) is 4.98 Å². The molecule has 0 amide bonds. The number of halogens is 4. The van der Waals surface area contributed by atoms with Crippen LogP contribution in [0.1, 0.15) is 5.69 Å². The highest BCUT2D eigenvalue weighted by atomic mass is 32.1. The number of aromatic nitrogens is 1. The summed E-state index contributed by atoms with van der Waals surface area (Å²) in [4.78, 5) is 2.13. The van der Waals surface area contributed by atoms with Crippen LogP contribution in [0.2, 0.25) is 0 Å². The van der Waals surface area contributed by atoms with Crippen LogP contribution in [0.15, 0.2) is 36.4 Å². The van der Waals surface area contributed by atoms with E-state index in [1.165, 1.54) is 24.3 Å². The second-order valence-corrected chi connectivity index (χ2v) is 4.06. The van der Waals surface area contributed by atoms with E-state index in [2.05, 4.69) is 17.2 Å². The van der Waals surface area contributed by atoms with Gasteiger partial charge < -0.3 is 4.98 Å². The Kier molecular flexibility index (Phi) is 3.21. The monoisotopic (exact) mass is 273 g/mol. The molecule has 1 aromatic carbocycles. The van der Waals surface area contributed by atoms with E-state index in [0.29, 0.717) is 0 Å². The average molecular weight is 273 g/mol. The summed E-state index contributed by atoms with van der Waals surface area (Å²) in [5, 5.41) is 0. The Hall–Kier alpha value is -1.69. The van der Waals surface area contributed by atoms with Crippen molar-refractivity contribution < 1.29 is 17.6 Å². The van der Waals surface area contributed by atoms with E-state index in [0.717, 1.165) is 12.1 Å². The van der Waals surface area contributed by atoms with Crippen LogP contribution in [0.4, 0.5) is 17.6 Å². The minimum absolute atomic E-state index is 0.00631. The third kappa shape index (κ3) is 2.59. The number of rotatable bonds is 1. The normalized spacial score (nSPS) is 11.6. The maximum Gasteiger partial charge on any atom is 0.431 e. The Morgan fingerprint density at radius 2 is 1.56 bits per heavy atom. The summed E-state index contributed by atoms with van der Waals surface area (Å²) < 4.78 is 51.3. The number of alkyl halides is 3. The second kappa shape index (κ2) is 4.53. The summed E-state index contributed by atoms with van der Waals surface area (Å²) in [5.74, 6) is -0.504. The molecule has 0 fully saturated rings. The zero-order valence-corrected chi connectivity index (χ0v) is 9.70. The topological polar surface area (TPSA) is 15.8 Å². The fraction of sp³-hybridized carbons (Fsp3) is 0.0833. The number of H-pyrrole nitrogens is 1. The van der Waals surface area contributed by atoms with Gasteiger partial charge in [-0.15, -0.1) is 0 Å². The molecule has 0 saturated carbocycles. The van der Waals surface area contributed by atoms with Gasteiger partial charge in [0, 0.05) is 5.56 Å². The Morgan fingerprint density at radius 1 is 0.944 bits per heavy atom. The minimum atomic E-state index is -4.54. The fourth-order valence-electron chi connectivity index (χ4n) is 1.57. The van der Waals surface area contributed by atoms with Crippen LogP contribution < -0.4 is 0 Å². The molecule has 2 aromatic rings. The molecule has 0 radical (unpaired) electrons. The van der Waals surface area contributed by atoms with Crippen molar-refractivity contribution in [1.29, 1.82) is 0 Å². The highest BCUT2D eigenvalue weighted by Crippen LogP contribution is 2.35. The molecular weight excluding hydrogens is 266 g/mol. The van der Waals surface area contributed by atoms with Crippen molar-refractivity contribution in [2.75, 3.05) is 0 Å². The predicted molar refractivity (Wildman–Crippen MR) is 62.0 cm³/mol. The van der Waals surface area contributed by atoms with Gasteiger partial charge in [0.25, 0.3) is 0 Å². The Labute approximate surface area is 105 Å². The van der Waals surface area contributed by atoms with Crippen molar-refractivity contribution in [3.63, 3.8) is 0 Å². The van der Waals surface area contributed by atoms with Crippen molar-refractivity contribution in [2.24, 2.45) is 0 Å². The first-order chi connectivity index (χ1) is 8.38. The van der Waals surface area contributed by atoms with Crippen LogP contribution in [0.5, 0.6) is 0 Å². The van der Waals surface area contributed by atoms with Gasteiger partial charge in [-0.3, -0.25) is 0 Å². The maximum absolute atomic E-state index is 12.8. The van der Waals surface area contributed by atoms with Crippen molar-refractivity contribution in [3.8, 4) is 11.1 Å². The quantitative estimate of drug-likeness (QED) is 0.594. The van der Waals surface area contributed by atoms with Gasteiger partial charge in [-0.05, 0) is 29.8 Å². The fourth-order valence-corrected chi connectivity index (χ4v) is 1.74. The lowest BCUT2D eigenvalue weighted by atomic mass is 10.0. The van der Waals surface area contributed by atoms with Crippen LogP contribution in [0.3, 0.4) is 0 Å². The van der Waals surface area contributed by atoms with Gasteiger partial charge in [-0.1, -0.05) is 24.4 Å². The lowest BCUT2D eigenvalue weighted by Gasteiger charge is -2.12. The molecule has 0 unspecified atom stereocenters. The van der Waals surface area contributed by atoms with Crippen molar-refractivity contribution in [3.05, 3.63) is 52.5 Å². The molecule has 1 heterocycles. The molecule has 94 valence electrons. The molecule has 0 atom stereocenters.